The summed E-state index contributed by atoms with van der Waals surface area (Å²) < 4.78 is 17.3. The van der Waals surface area contributed by atoms with Crippen LogP contribution in [0.3, 0.4) is 0 Å². The molecule has 0 spiro atoms. The normalized spacial score (nSPS) is 11.7. The van der Waals surface area contributed by atoms with Crippen LogP contribution < -0.4 is 9.47 Å². The highest BCUT2D eigenvalue weighted by Gasteiger charge is 2.13. The van der Waals surface area contributed by atoms with Gasteiger partial charge in [0.15, 0.2) is 11.5 Å². The Morgan fingerprint density at radius 1 is 0.758 bits per heavy atom. The zero-order chi connectivity index (χ0) is 23.5. The van der Waals surface area contributed by atoms with Gasteiger partial charge in [-0.05, 0) is 60.7 Å². The van der Waals surface area contributed by atoms with Gasteiger partial charge in [-0.3, -0.25) is 0 Å². The zero-order valence-electron chi connectivity index (χ0n) is 19.9. The molecule has 3 aromatic carbocycles. The minimum atomic E-state index is -0.401. The molecule has 0 aliphatic rings. The molecule has 0 bridgehead atoms. The van der Waals surface area contributed by atoms with Crippen molar-refractivity contribution in [2.24, 2.45) is 0 Å². The van der Waals surface area contributed by atoms with Crippen LogP contribution in [0.1, 0.15) is 68.5 Å². The summed E-state index contributed by atoms with van der Waals surface area (Å²) in [4.78, 5) is 12.7. The van der Waals surface area contributed by atoms with Crippen molar-refractivity contribution >= 4 is 5.97 Å². The first kappa shape index (κ1) is 24.5. The average molecular weight is 447 g/mol. The van der Waals surface area contributed by atoms with Crippen LogP contribution in [0.15, 0.2) is 72.8 Å². The largest absolute Gasteiger partial charge is 0.490 e. The molecule has 0 aliphatic heterocycles. The van der Waals surface area contributed by atoms with Crippen molar-refractivity contribution in [3.05, 3.63) is 83.9 Å². The lowest BCUT2D eigenvalue weighted by molar-refractivity contribution is 0.0637. The summed E-state index contributed by atoms with van der Waals surface area (Å²) in [5, 5.41) is 0. The molecule has 4 nitrogen and oxygen atoms in total. The fourth-order valence-electron chi connectivity index (χ4n) is 3.39. The second kappa shape index (κ2) is 12.8. The molecule has 174 valence electrons. The van der Waals surface area contributed by atoms with Gasteiger partial charge in [0.1, 0.15) is 0 Å². The summed E-state index contributed by atoms with van der Waals surface area (Å²) in [6, 6.07) is 23.1. The molecule has 0 aromatic heterocycles. The number of rotatable bonds is 12. The van der Waals surface area contributed by atoms with Gasteiger partial charge < -0.3 is 14.2 Å². The van der Waals surface area contributed by atoms with E-state index < -0.39 is 5.97 Å². The fraction of sp³-hybridized carbons (Fsp3) is 0.345. The fourth-order valence-corrected chi connectivity index (χ4v) is 3.39. The molecule has 0 saturated carbocycles. The van der Waals surface area contributed by atoms with E-state index in [1.807, 2.05) is 30.3 Å². The number of hydrogen-bond donors (Lipinski definition) is 0. The maximum Gasteiger partial charge on any atom is 0.343 e. The second-order valence-electron chi connectivity index (χ2n) is 8.10. The van der Waals surface area contributed by atoms with Gasteiger partial charge in [-0.25, -0.2) is 4.79 Å². The van der Waals surface area contributed by atoms with Gasteiger partial charge in [0, 0.05) is 6.61 Å². The van der Waals surface area contributed by atoms with E-state index in [-0.39, 0.29) is 6.10 Å². The van der Waals surface area contributed by atoms with Crippen molar-refractivity contribution in [1.29, 1.82) is 0 Å². The van der Waals surface area contributed by atoms with Crippen molar-refractivity contribution in [2.75, 3.05) is 13.2 Å². The Labute approximate surface area is 197 Å². The monoisotopic (exact) mass is 446 g/mol. The molecule has 1 atom stereocenters. The quantitative estimate of drug-likeness (QED) is 0.163. The predicted octanol–water partition coefficient (Wildman–Crippen LogP) is 7.63. The van der Waals surface area contributed by atoms with Crippen molar-refractivity contribution in [2.45, 2.75) is 52.6 Å². The molecule has 0 N–H and O–H groups in total. The van der Waals surface area contributed by atoms with E-state index in [0.29, 0.717) is 23.7 Å². The molecule has 1 unspecified atom stereocenters. The van der Waals surface area contributed by atoms with Gasteiger partial charge in [0.05, 0.1) is 18.3 Å². The third-order valence-electron chi connectivity index (χ3n) is 5.51. The minimum Gasteiger partial charge on any atom is -0.490 e. The molecule has 4 heteroatoms. The molecule has 3 aromatic rings. The lowest BCUT2D eigenvalue weighted by Crippen LogP contribution is -2.09. The SMILES string of the molecule is CCCCOc1ccccc1OC(=O)c1ccc(-c2ccc(C(C)OCCCC)cc2)cc1. The number of unbranched alkanes of at least 4 members (excludes halogenated alkanes) is 2. The minimum absolute atomic E-state index is 0.0802. The second-order valence-corrected chi connectivity index (χ2v) is 8.10. The number of carbonyl (C=O) groups excluding carboxylic acids is 1. The Morgan fingerprint density at radius 2 is 1.33 bits per heavy atom. The maximum absolute atomic E-state index is 12.7. The van der Waals surface area contributed by atoms with Crippen molar-refractivity contribution in [3.63, 3.8) is 0 Å². The Bertz CT molecular complexity index is 993. The van der Waals surface area contributed by atoms with Crippen LogP contribution in [0, 0.1) is 0 Å². The topological polar surface area (TPSA) is 44.8 Å². The molecule has 33 heavy (non-hydrogen) atoms. The molecular formula is C29H34O4. The number of esters is 1. The highest BCUT2D eigenvalue weighted by Crippen LogP contribution is 2.28. The molecule has 0 saturated heterocycles. The highest BCUT2D eigenvalue weighted by atomic mass is 16.6. The van der Waals surface area contributed by atoms with Gasteiger partial charge in [-0.2, -0.15) is 0 Å². The average Bonchev–Trinajstić information content (AvgIpc) is 2.85. The van der Waals surface area contributed by atoms with Gasteiger partial charge in [-0.15, -0.1) is 0 Å². The number of ether oxygens (including phenoxy) is 3. The summed E-state index contributed by atoms with van der Waals surface area (Å²) in [5.74, 6) is 0.624. The van der Waals surface area contributed by atoms with E-state index >= 15 is 0 Å². The van der Waals surface area contributed by atoms with E-state index in [2.05, 4.69) is 45.0 Å². The van der Waals surface area contributed by atoms with Crippen LogP contribution >= 0.6 is 0 Å². The standard InChI is InChI=1S/C29H34O4/c1-4-6-20-31-22(3)23-12-14-24(15-13-23)25-16-18-26(19-17-25)29(30)33-28-11-9-8-10-27(28)32-21-7-5-2/h8-19,22H,4-7,20-21H2,1-3H3. The predicted molar refractivity (Wildman–Crippen MR) is 133 cm³/mol. The summed E-state index contributed by atoms with van der Waals surface area (Å²) in [6.45, 7) is 7.74. The Balaban J connectivity index is 1.63. The van der Waals surface area contributed by atoms with E-state index in [1.54, 1.807) is 18.2 Å². The molecule has 0 fully saturated rings. The Hall–Kier alpha value is -3.11. The van der Waals surface area contributed by atoms with E-state index in [1.165, 1.54) is 0 Å². The van der Waals surface area contributed by atoms with Gasteiger partial charge >= 0.3 is 5.97 Å². The lowest BCUT2D eigenvalue weighted by Gasteiger charge is -2.14. The van der Waals surface area contributed by atoms with Gasteiger partial charge in [0.25, 0.3) is 0 Å². The van der Waals surface area contributed by atoms with Crippen LogP contribution in [0.5, 0.6) is 11.5 Å². The molecule has 0 amide bonds. The van der Waals surface area contributed by atoms with Crippen LogP contribution in [-0.2, 0) is 4.74 Å². The smallest absolute Gasteiger partial charge is 0.343 e. The van der Waals surface area contributed by atoms with Crippen molar-refractivity contribution < 1.29 is 19.0 Å². The Kier molecular flexibility index (Phi) is 9.52. The van der Waals surface area contributed by atoms with Gasteiger partial charge in [0.2, 0.25) is 0 Å². The first-order valence-corrected chi connectivity index (χ1v) is 11.9. The van der Waals surface area contributed by atoms with Crippen molar-refractivity contribution in [1.82, 2.24) is 0 Å². The lowest BCUT2D eigenvalue weighted by atomic mass is 10.0. The summed E-state index contributed by atoms with van der Waals surface area (Å²) >= 11 is 0. The van der Waals surface area contributed by atoms with E-state index in [4.69, 9.17) is 14.2 Å². The number of carbonyl (C=O) groups is 1. The molecule has 0 aliphatic carbocycles. The summed E-state index contributed by atoms with van der Waals surface area (Å²) in [7, 11) is 0. The summed E-state index contributed by atoms with van der Waals surface area (Å²) in [6.07, 6.45) is 4.29. The van der Waals surface area contributed by atoms with Crippen LogP contribution in [0.2, 0.25) is 0 Å². The molecule has 0 heterocycles. The molecular weight excluding hydrogens is 412 g/mol. The van der Waals surface area contributed by atoms with Crippen LogP contribution in [0.4, 0.5) is 0 Å². The summed E-state index contributed by atoms with van der Waals surface area (Å²) in [5.41, 5.74) is 3.79. The van der Waals surface area contributed by atoms with Crippen molar-refractivity contribution in [3.8, 4) is 22.6 Å². The highest BCUT2D eigenvalue weighted by molar-refractivity contribution is 5.92. The maximum atomic E-state index is 12.7. The number of para-hydroxylation sites is 2. The molecule has 3 rings (SSSR count). The van der Waals surface area contributed by atoms with E-state index in [0.717, 1.165) is 49.0 Å². The Morgan fingerprint density at radius 3 is 1.97 bits per heavy atom. The van der Waals surface area contributed by atoms with E-state index in [9.17, 15) is 4.79 Å². The van der Waals surface area contributed by atoms with Gasteiger partial charge in [-0.1, -0.05) is 75.2 Å². The number of hydrogen-bond acceptors (Lipinski definition) is 4. The number of benzene rings is 3. The third kappa shape index (κ3) is 7.19. The van der Waals surface area contributed by atoms with Crippen LogP contribution in [-0.4, -0.2) is 19.2 Å². The first-order valence-electron chi connectivity index (χ1n) is 11.9. The first-order chi connectivity index (χ1) is 16.1. The van der Waals surface area contributed by atoms with Crippen LogP contribution in [0.25, 0.3) is 11.1 Å². The third-order valence-corrected chi connectivity index (χ3v) is 5.51. The zero-order valence-corrected chi connectivity index (χ0v) is 19.9. The molecule has 0 radical (unpaired) electrons.